The average Bonchev–Trinajstić information content (AvgIpc) is 2.84. The fourth-order valence-corrected chi connectivity index (χ4v) is 3.64. The average molecular weight is 288 g/mol. The molecule has 1 unspecified atom stereocenters. The largest absolute Gasteiger partial charge is 0.356 e. The molecule has 0 N–H and O–H groups in total. The fraction of sp³-hybridized carbons (Fsp3) is 0.765. The van der Waals surface area contributed by atoms with Crippen molar-refractivity contribution in [2.75, 3.05) is 29.4 Å². The molecule has 3 rings (SSSR count). The molecule has 116 valence electrons. The van der Waals surface area contributed by atoms with Crippen LogP contribution in [0.3, 0.4) is 0 Å². The molecule has 4 heteroatoms. The smallest absolute Gasteiger partial charge is 0.227 e. The van der Waals surface area contributed by atoms with E-state index < -0.39 is 0 Å². The standard InChI is InChI=1S/C17H28N4/c1-2-15-9-5-8-14-21(15)17-18-11-10-16(19-17)20-12-6-3-4-7-13-20/h10-11,15H,2-9,12-14H2,1H3. The van der Waals surface area contributed by atoms with Crippen molar-refractivity contribution in [3.8, 4) is 0 Å². The van der Waals surface area contributed by atoms with Gasteiger partial charge >= 0.3 is 0 Å². The van der Waals surface area contributed by atoms with Gasteiger partial charge in [0.15, 0.2) is 0 Å². The molecule has 1 aromatic heterocycles. The van der Waals surface area contributed by atoms with Crippen LogP contribution in [-0.2, 0) is 0 Å². The van der Waals surface area contributed by atoms with Gasteiger partial charge < -0.3 is 9.80 Å². The molecule has 0 saturated carbocycles. The van der Waals surface area contributed by atoms with E-state index in [0.29, 0.717) is 6.04 Å². The van der Waals surface area contributed by atoms with Gasteiger partial charge in [-0.15, -0.1) is 0 Å². The van der Waals surface area contributed by atoms with Gasteiger partial charge in [-0.2, -0.15) is 4.98 Å². The third kappa shape index (κ3) is 3.47. The Labute approximate surface area is 128 Å². The van der Waals surface area contributed by atoms with Gasteiger partial charge in [-0.3, -0.25) is 0 Å². The van der Waals surface area contributed by atoms with Gasteiger partial charge in [0.2, 0.25) is 5.95 Å². The summed E-state index contributed by atoms with van der Waals surface area (Å²) in [5.74, 6) is 2.07. The molecule has 0 aliphatic carbocycles. The van der Waals surface area contributed by atoms with E-state index in [2.05, 4.69) is 27.8 Å². The maximum atomic E-state index is 4.90. The molecular formula is C17H28N4. The molecule has 4 nitrogen and oxygen atoms in total. The van der Waals surface area contributed by atoms with Crippen molar-refractivity contribution < 1.29 is 0 Å². The minimum absolute atomic E-state index is 0.623. The summed E-state index contributed by atoms with van der Waals surface area (Å²) in [6.45, 7) is 5.69. The molecular weight excluding hydrogens is 260 g/mol. The zero-order valence-corrected chi connectivity index (χ0v) is 13.3. The molecule has 1 atom stereocenters. The van der Waals surface area contributed by atoms with Gasteiger partial charge in [-0.05, 0) is 44.6 Å². The van der Waals surface area contributed by atoms with E-state index in [1.54, 1.807) is 0 Å². The maximum Gasteiger partial charge on any atom is 0.227 e. The van der Waals surface area contributed by atoms with Gasteiger partial charge in [0, 0.05) is 31.9 Å². The molecule has 0 radical (unpaired) electrons. The van der Waals surface area contributed by atoms with Crippen molar-refractivity contribution in [3.63, 3.8) is 0 Å². The van der Waals surface area contributed by atoms with E-state index in [-0.39, 0.29) is 0 Å². The Morgan fingerprint density at radius 2 is 1.81 bits per heavy atom. The van der Waals surface area contributed by atoms with Crippen molar-refractivity contribution in [3.05, 3.63) is 12.3 Å². The molecule has 0 amide bonds. The number of anilines is 2. The Bertz CT molecular complexity index is 440. The third-order valence-corrected chi connectivity index (χ3v) is 4.91. The monoisotopic (exact) mass is 288 g/mol. The van der Waals surface area contributed by atoms with Crippen molar-refractivity contribution >= 4 is 11.8 Å². The first kappa shape index (κ1) is 14.6. The predicted molar refractivity (Wildman–Crippen MR) is 88.0 cm³/mol. The summed E-state index contributed by atoms with van der Waals surface area (Å²) in [4.78, 5) is 14.4. The fourth-order valence-electron chi connectivity index (χ4n) is 3.64. The van der Waals surface area contributed by atoms with Crippen LogP contribution in [0.4, 0.5) is 11.8 Å². The molecule has 3 heterocycles. The van der Waals surface area contributed by atoms with Gasteiger partial charge in [0.05, 0.1) is 0 Å². The summed E-state index contributed by atoms with van der Waals surface area (Å²) in [7, 11) is 0. The second-order valence-electron chi connectivity index (χ2n) is 6.37. The van der Waals surface area contributed by atoms with Gasteiger partial charge in [0.25, 0.3) is 0 Å². The quantitative estimate of drug-likeness (QED) is 0.850. The summed E-state index contributed by atoms with van der Waals surface area (Å²) < 4.78 is 0. The Kier molecular flexibility index (Phi) is 4.94. The Morgan fingerprint density at radius 1 is 1.05 bits per heavy atom. The SMILES string of the molecule is CCC1CCCCN1c1nccc(N2CCCCCC2)n1. The molecule has 2 aliphatic heterocycles. The lowest BCUT2D eigenvalue weighted by Crippen LogP contribution is -2.40. The number of nitrogens with zero attached hydrogens (tertiary/aromatic N) is 4. The molecule has 2 fully saturated rings. The predicted octanol–water partition coefficient (Wildman–Crippen LogP) is 3.63. The minimum atomic E-state index is 0.623. The summed E-state index contributed by atoms with van der Waals surface area (Å²) in [5, 5.41) is 0. The van der Waals surface area contributed by atoms with E-state index in [9.17, 15) is 0 Å². The van der Waals surface area contributed by atoms with Gasteiger partial charge in [0.1, 0.15) is 5.82 Å². The van der Waals surface area contributed by atoms with Crippen LogP contribution in [0.5, 0.6) is 0 Å². The van der Waals surface area contributed by atoms with Crippen molar-refractivity contribution in [2.24, 2.45) is 0 Å². The normalized spacial score (nSPS) is 24.0. The number of rotatable bonds is 3. The minimum Gasteiger partial charge on any atom is -0.356 e. The first-order valence-corrected chi connectivity index (χ1v) is 8.73. The van der Waals surface area contributed by atoms with Crippen molar-refractivity contribution in [2.45, 2.75) is 64.3 Å². The van der Waals surface area contributed by atoms with Crippen LogP contribution >= 0.6 is 0 Å². The van der Waals surface area contributed by atoms with Crippen LogP contribution in [0.2, 0.25) is 0 Å². The second-order valence-corrected chi connectivity index (χ2v) is 6.37. The highest BCUT2D eigenvalue weighted by Gasteiger charge is 2.23. The van der Waals surface area contributed by atoms with Gasteiger partial charge in [-0.1, -0.05) is 19.8 Å². The lowest BCUT2D eigenvalue weighted by molar-refractivity contribution is 0.443. The molecule has 0 aromatic carbocycles. The van der Waals surface area contributed by atoms with Crippen LogP contribution in [0.25, 0.3) is 0 Å². The molecule has 21 heavy (non-hydrogen) atoms. The lowest BCUT2D eigenvalue weighted by Gasteiger charge is -2.35. The molecule has 0 bridgehead atoms. The zero-order valence-electron chi connectivity index (χ0n) is 13.3. The van der Waals surface area contributed by atoms with Crippen LogP contribution in [0, 0.1) is 0 Å². The van der Waals surface area contributed by atoms with Crippen LogP contribution in [-0.4, -0.2) is 35.6 Å². The Balaban J connectivity index is 1.78. The van der Waals surface area contributed by atoms with Crippen molar-refractivity contribution in [1.29, 1.82) is 0 Å². The lowest BCUT2D eigenvalue weighted by atomic mass is 10.0. The van der Waals surface area contributed by atoms with E-state index >= 15 is 0 Å². The first-order chi connectivity index (χ1) is 10.4. The highest BCUT2D eigenvalue weighted by atomic mass is 15.3. The summed E-state index contributed by atoms with van der Waals surface area (Å²) in [6.07, 6.45) is 12.3. The van der Waals surface area contributed by atoms with Crippen LogP contribution in [0.1, 0.15) is 58.3 Å². The zero-order chi connectivity index (χ0) is 14.5. The number of hydrogen-bond acceptors (Lipinski definition) is 4. The van der Waals surface area contributed by atoms with E-state index in [1.165, 1.54) is 51.4 Å². The summed E-state index contributed by atoms with van der Waals surface area (Å²) in [6, 6.07) is 2.71. The van der Waals surface area contributed by atoms with Gasteiger partial charge in [-0.25, -0.2) is 4.98 Å². The highest BCUT2D eigenvalue weighted by molar-refractivity contribution is 5.44. The number of aromatic nitrogens is 2. The van der Waals surface area contributed by atoms with Crippen LogP contribution in [0.15, 0.2) is 12.3 Å². The molecule has 2 aliphatic rings. The van der Waals surface area contributed by atoms with E-state index in [4.69, 9.17) is 4.98 Å². The topological polar surface area (TPSA) is 32.3 Å². The van der Waals surface area contributed by atoms with E-state index in [1.807, 2.05) is 6.20 Å². The number of piperidine rings is 1. The molecule has 0 spiro atoms. The summed E-state index contributed by atoms with van der Waals surface area (Å²) >= 11 is 0. The first-order valence-electron chi connectivity index (χ1n) is 8.73. The van der Waals surface area contributed by atoms with Crippen LogP contribution < -0.4 is 9.80 Å². The highest BCUT2D eigenvalue weighted by Crippen LogP contribution is 2.25. The summed E-state index contributed by atoms with van der Waals surface area (Å²) in [5.41, 5.74) is 0. The number of hydrogen-bond donors (Lipinski definition) is 0. The Morgan fingerprint density at radius 3 is 2.57 bits per heavy atom. The maximum absolute atomic E-state index is 4.90. The van der Waals surface area contributed by atoms with E-state index in [0.717, 1.165) is 31.4 Å². The Hall–Kier alpha value is -1.32. The molecule has 1 aromatic rings. The van der Waals surface area contributed by atoms with Crippen molar-refractivity contribution in [1.82, 2.24) is 9.97 Å². The molecule has 2 saturated heterocycles. The second kappa shape index (κ2) is 7.10. The third-order valence-electron chi connectivity index (χ3n) is 4.91.